The number of esters is 1. The van der Waals surface area contributed by atoms with E-state index in [0.29, 0.717) is 15.6 Å². The van der Waals surface area contributed by atoms with Gasteiger partial charge in [0.2, 0.25) is 0 Å². The lowest BCUT2D eigenvalue weighted by atomic mass is 10.0. The summed E-state index contributed by atoms with van der Waals surface area (Å²) in [5.41, 5.74) is 2.36. The maximum Gasteiger partial charge on any atom is 0.338 e. The van der Waals surface area contributed by atoms with Crippen molar-refractivity contribution in [2.75, 3.05) is 20.1 Å². The smallest absolute Gasteiger partial charge is 0.338 e. The van der Waals surface area contributed by atoms with Gasteiger partial charge in [-0.15, -0.1) is 0 Å². The van der Waals surface area contributed by atoms with E-state index in [4.69, 9.17) is 27.9 Å². The highest BCUT2D eigenvalue weighted by atomic mass is 35.5. The van der Waals surface area contributed by atoms with Gasteiger partial charge in [-0.2, -0.15) is 0 Å². The maximum absolute atomic E-state index is 12.0. The fourth-order valence-corrected chi connectivity index (χ4v) is 2.96. The molecule has 0 saturated carbocycles. The minimum absolute atomic E-state index is 0.00267. The first-order valence-electron chi connectivity index (χ1n) is 6.98. The number of hydrogen-bond donors (Lipinski definition) is 0. The highest BCUT2D eigenvalue weighted by Crippen LogP contribution is 2.30. The first-order chi connectivity index (χ1) is 10.5. The zero-order valence-electron chi connectivity index (χ0n) is 12.1. The van der Waals surface area contributed by atoms with Gasteiger partial charge in [0.1, 0.15) is 6.10 Å². The second-order valence-electron chi connectivity index (χ2n) is 5.45. The Morgan fingerprint density at radius 2 is 1.82 bits per heavy atom. The van der Waals surface area contributed by atoms with Crippen LogP contribution in [0.15, 0.2) is 42.5 Å². The Balaban J connectivity index is 1.73. The number of carbonyl (C=O) groups excluding carboxylic acids is 1. The summed E-state index contributed by atoms with van der Waals surface area (Å²) in [6.45, 7) is 1.59. The van der Waals surface area contributed by atoms with Crippen LogP contribution in [0.2, 0.25) is 10.0 Å². The summed E-state index contributed by atoms with van der Waals surface area (Å²) in [6, 6.07) is 12.6. The van der Waals surface area contributed by atoms with Crippen molar-refractivity contribution in [2.45, 2.75) is 6.10 Å². The Hall–Kier alpha value is -1.55. The van der Waals surface area contributed by atoms with Gasteiger partial charge >= 0.3 is 5.97 Å². The van der Waals surface area contributed by atoms with Crippen molar-refractivity contribution in [2.24, 2.45) is 0 Å². The van der Waals surface area contributed by atoms with Crippen molar-refractivity contribution in [3.8, 4) is 11.1 Å². The predicted molar refractivity (Wildman–Crippen MR) is 88.6 cm³/mol. The van der Waals surface area contributed by atoms with Crippen LogP contribution in [0.25, 0.3) is 11.1 Å². The lowest BCUT2D eigenvalue weighted by Gasteiger charge is -2.35. The highest BCUT2D eigenvalue weighted by Gasteiger charge is 2.27. The summed E-state index contributed by atoms with van der Waals surface area (Å²) in [5.74, 6) is -0.285. The number of likely N-dealkylation sites (tertiary alicyclic amines) is 1. The maximum atomic E-state index is 12.0. The average Bonchev–Trinajstić information content (AvgIpc) is 2.46. The molecule has 1 saturated heterocycles. The van der Waals surface area contributed by atoms with Crippen LogP contribution in [-0.4, -0.2) is 37.1 Å². The van der Waals surface area contributed by atoms with Crippen molar-refractivity contribution in [3.05, 3.63) is 58.1 Å². The van der Waals surface area contributed by atoms with E-state index in [9.17, 15) is 4.79 Å². The van der Waals surface area contributed by atoms with E-state index in [-0.39, 0.29) is 12.1 Å². The molecular formula is C17H15Cl2NO2. The van der Waals surface area contributed by atoms with Gasteiger partial charge in [-0.1, -0.05) is 41.4 Å². The number of halogens is 2. The molecule has 3 nitrogen and oxygen atoms in total. The van der Waals surface area contributed by atoms with Crippen LogP contribution < -0.4 is 0 Å². The van der Waals surface area contributed by atoms with Crippen LogP contribution >= 0.6 is 23.2 Å². The first kappa shape index (κ1) is 15.3. The van der Waals surface area contributed by atoms with Gasteiger partial charge in [0, 0.05) is 28.7 Å². The number of carbonyl (C=O) groups is 1. The molecule has 0 bridgehead atoms. The van der Waals surface area contributed by atoms with Crippen molar-refractivity contribution in [1.29, 1.82) is 0 Å². The number of likely N-dealkylation sites (N-methyl/N-ethyl adjacent to an activating group) is 1. The van der Waals surface area contributed by atoms with Gasteiger partial charge in [0.05, 0.1) is 5.56 Å². The predicted octanol–water partition coefficient (Wildman–Crippen LogP) is 4.13. The Labute approximate surface area is 139 Å². The normalized spacial score (nSPS) is 15.4. The van der Waals surface area contributed by atoms with Crippen molar-refractivity contribution >= 4 is 29.2 Å². The molecule has 2 aromatic carbocycles. The van der Waals surface area contributed by atoms with Crippen molar-refractivity contribution < 1.29 is 9.53 Å². The number of hydrogen-bond acceptors (Lipinski definition) is 3. The zero-order valence-corrected chi connectivity index (χ0v) is 13.6. The van der Waals surface area contributed by atoms with Crippen LogP contribution in [-0.2, 0) is 4.74 Å². The summed E-state index contributed by atoms with van der Waals surface area (Å²) in [7, 11) is 2.00. The molecular weight excluding hydrogens is 321 g/mol. The van der Waals surface area contributed by atoms with E-state index < -0.39 is 0 Å². The molecule has 22 heavy (non-hydrogen) atoms. The van der Waals surface area contributed by atoms with Crippen LogP contribution in [0.3, 0.4) is 0 Å². The van der Waals surface area contributed by atoms with E-state index in [1.807, 2.05) is 25.2 Å². The highest BCUT2D eigenvalue weighted by molar-refractivity contribution is 6.36. The third-order valence-corrected chi connectivity index (χ3v) is 4.21. The largest absolute Gasteiger partial charge is 0.456 e. The molecule has 0 spiro atoms. The molecule has 0 unspecified atom stereocenters. The molecule has 3 rings (SSSR count). The van der Waals surface area contributed by atoms with Crippen LogP contribution in [0.5, 0.6) is 0 Å². The fourth-order valence-electron chi connectivity index (χ4n) is 2.45. The summed E-state index contributed by atoms with van der Waals surface area (Å²) in [6.07, 6.45) is 0.00267. The van der Waals surface area contributed by atoms with Crippen LogP contribution in [0, 0.1) is 0 Å². The van der Waals surface area contributed by atoms with E-state index in [0.717, 1.165) is 24.2 Å². The van der Waals surface area contributed by atoms with E-state index in [1.54, 1.807) is 24.3 Å². The minimum atomic E-state index is -0.285. The number of ether oxygens (including phenoxy) is 1. The molecule has 0 atom stereocenters. The molecule has 0 amide bonds. The molecule has 5 heteroatoms. The quantitative estimate of drug-likeness (QED) is 0.790. The Bertz CT molecular complexity index is 694. The monoisotopic (exact) mass is 335 g/mol. The van der Waals surface area contributed by atoms with E-state index in [1.165, 1.54) is 0 Å². The molecule has 1 aliphatic rings. The lowest BCUT2D eigenvalue weighted by molar-refractivity contribution is -0.0211. The fraction of sp³-hybridized carbons (Fsp3) is 0.235. The molecule has 2 aromatic rings. The van der Waals surface area contributed by atoms with Gasteiger partial charge in [-0.05, 0) is 36.9 Å². The Morgan fingerprint density at radius 1 is 1.14 bits per heavy atom. The first-order valence-corrected chi connectivity index (χ1v) is 7.73. The summed E-state index contributed by atoms with van der Waals surface area (Å²) < 4.78 is 5.40. The minimum Gasteiger partial charge on any atom is -0.456 e. The van der Waals surface area contributed by atoms with Gasteiger partial charge in [0.25, 0.3) is 0 Å². The Morgan fingerprint density at radius 3 is 2.41 bits per heavy atom. The van der Waals surface area contributed by atoms with Crippen LogP contribution in [0.1, 0.15) is 10.4 Å². The second kappa shape index (κ2) is 6.29. The number of rotatable bonds is 3. The zero-order chi connectivity index (χ0) is 15.7. The van der Waals surface area contributed by atoms with Gasteiger partial charge in [-0.25, -0.2) is 4.79 Å². The summed E-state index contributed by atoms with van der Waals surface area (Å²) in [5, 5.41) is 1.18. The summed E-state index contributed by atoms with van der Waals surface area (Å²) in [4.78, 5) is 14.1. The molecule has 0 aromatic heterocycles. The molecule has 114 valence electrons. The third kappa shape index (κ3) is 3.27. The van der Waals surface area contributed by atoms with Crippen molar-refractivity contribution in [1.82, 2.24) is 4.90 Å². The molecule has 0 radical (unpaired) electrons. The van der Waals surface area contributed by atoms with E-state index >= 15 is 0 Å². The van der Waals surface area contributed by atoms with Crippen LogP contribution in [0.4, 0.5) is 0 Å². The third-order valence-electron chi connectivity index (χ3n) is 3.67. The van der Waals surface area contributed by atoms with E-state index in [2.05, 4.69) is 4.90 Å². The molecule has 1 heterocycles. The molecule has 1 fully saturated rings. The van der Waals surface area contributed by atoms with Crippen molar-refractivity contribution in [3.63, 3.8) is 0 Å². The second-order valence-corrected chi connectivity index (χ2v) is 6.29. The molecule has 0 aliphatic carbocycles. The SMILES string of the molecule is CN1CC(OC(=O)c2ccc(-c3ccc(Cl)cc3Cl)cc2)C1. The summed E-state index contributed by atoms with van der Waals surface area (Å²) >= 11 is 12.1. The van der Waals surface area contributed by atoms with Gasteiger partial charge in [-0.3, -0.25) is 4.90 Å². The molecule has 1 aliphatic heterocycles. The standard InChI is InChI=1S/C17H15Cl2NO2/c1-20-9-14(10-20)22-17(21)12-4-2-11(3-5-12)15-7-6-13(18)8-16(15)19/h2-8,14H,9-10H2,1H3. The Kier molecular flexibility index (Phi) is 4.39. The topological polar surface area (TPSA) is 29.5 Å². The van der Waals surface area contributed by atoms with Gasteiger partial charge in [0.15, 0.2) is 0 Å². The lowest BCUT2D eigenvalue weighted by Crippen LogP contribution is -2.50. The average molecular weight is 336 g/mol. The number of nitrogens with zero attached hydrogens (tertiary/aromatic N) is 1. The van der Waals surface area contributed by atoms with Gasteiger partial charge < -0.3 is 4.74 Å². The number of benzene rings is 2. The molecule has 0 N–H and O–H groups in total.